The van der Waals surface area contributed by atoms with Gasteiger partial charge in [0.05, 0.1) is 30.7 Å². The van der Waals surface area contributed by atoms with Gasteiger partial charge in [0.2, 0.25) is 0 Å². The van der Waals surface area contributed by atoms with E-state index in [4.69, 9.17) is 19.2 Å². The van der Waals surface area contributed by atoms with Crippen LogP contribution in [0.15, 0.2) is 66.7 Å². The van der Waals surface area contributed by atoms with Crippen molar-refractivity contribution < 1.29 is 33.4 Å². The zero-order chi connectivity index (χ0) is 39.1. The molecule has 4 aromatic rings. The lowest BCUT2D eigenvalue weighted by molar-refractivity contribution is -0.167. The molecule has 292 valence electrons. The van der Waals surface area contributed by atoms with Crippen molar-refractivity contribution in [3.8, 4) is 5.75 Å². The van der Waals surface area contributed by atoms with Gasteiger partial charge in [0.1, 0.15) is 23.3 Å². The molecular weight excluding hydrogens is 691 g/mol. The van der Waals surface area contributed by atoms with E-state index in [1.807, 2.05) is 55.5 Å². The quantitative estimate of drug-likeness (QED) is 0.0776. The van der Waals surface area contributed by atoms with E-state index in [1.54, 1.807) is 18.2 Å². The van der Waals surface area contributed by atoms with Crippen molar-refractivity contribution in [2.24, 2.45) is 29.6 Å². The molecule has 1 aromatic heterocycles. The summed E-state index contributed by atoms with van der Waals surface area (Å²) in [6, 6.07) is 20.6. The van der Waals surface area contributed by atoms with Crippen molar-refractivity contribution >= 4 is 45.2 Å². The molecule has 1 fully saturated rings. The van der Waals surface area contributed by atoms with Crippen LogP contribution in [0.5, 0.6) is 5.75 Å². The third-order valence-corrected chi connectivity index (χ3v) is 12.1. The first-order valence-electron chi connectivity index (χ1n) is 20.7. The number of fused-ring (bicyclic) bond motifs is 3. The Morgan fingerprint density at radius 3 is 1.80 bits per heavy atom. The SMILES string of the molecule is CCCCC(CC)COC(=O)C1CC(C)C(Oc2cccc3ccc(C4C(=O)c5cc6ccccc6cc5C4=O)nc23)CC1C(=O)OCC(CC)CCCC. The fraction of sp³-hybridized carbons (Fsp3) is 0.511. The van der Waals surface area contributed by atoms with Crippen LogP contribution in [0.25, 0.3) is 21.7 Å². The summed E-state index contributed by atoms with van der Waals surface area (Å²) in [5.74, 6) is -2.63. The third kappa shape index (κ3) is 8.95. The predicted octanol–water partition coefficient (Wildman–Crippen LogP) is 10.5. The zero-order valence-corrected chi connectivity index (χ0v) is 33.2. The second-order valence-corrected chi connectivity index (χ2v) is 15.9. The summed E-state index contributed by atoms with van der Waals surface area (Å²) < 4.78 is 18.7. The predicted molar refractivity (Wildman–Crippen MR) is 215 cm³/mol. The number of carbonyl (C=O) groups is 4. The Morgan fingerprint density at radius 2 is 1.25 bits per heavy atom. The lowest BCUT2D eigenvalue weighted by atomic mass is 9.73. The molecule has 1 heterocycles. The highest BCUT2D eigenvalue weighted by Gasteiger charge is 2.46. The number of nitrogens with zero attached hydrogens (tertiary/aromatic N) is 1. The molecule has 3 aromatic carbocycles. The molecule has 2 aliphatic rings. The van der Waals surface area contributed by atoms with Gasteiger partial charge in [0.25, 0.3) is 0 Å². The second-order valence-electron chi connectivity index (χ2n) is 15.9. The summed E-state index contributed by atoms with van der Waals surface area (Å²) in [6.45, 7) is 11.3. The summed E-state index contributed by atoms with van der Waals surface area (Å²) in [7, 11) is 0. The van der Waals surface area contributed by atoms with Gasteiger partial charge in [-0.1, -0.05) is 116 Å². The molecule has 0 radical (unpaired) electrons. The number of Topliss-reactive ketones (excluding diaryl/α,β-unsaturated/α-hetero) is 2. The number of ketones is 2. The van der Waals surface area contributed by atoms with Gasteiger partial charge in [-0.05, 0) is 78.5 Å². The molecule has 8 nitrogen and oxygen atoms in total. The first kappa shape index (κ1) is 40.1. The van der Waals surface area contributed by atoms with E-state index in [-0.39, 0.29) is 41.8 Å². The van der Waals surface area contributed by atoms with Gasteiger partial charge in [-0.25, -0.2) is 4.98 Å². The van der Waals surface area contributed by atoms with E-state index in [2.05, 4.69) is 27.7 Å². The Labute approximate surface area is 325 Å². The Morgan fingerprint density at radius 1 is 0.709 bits per heavy atom. The average Bonchev–Trinajstić information content (AvgIpc) is 3.44. The van der Waals surface area contributed by atoms with Gasteiger partial charge < -0.3 is 14.2 Å². The van der Waals surface area contributed by atoms with Crippen molar-refractivity contribution in [3.05, 3.63) is 83.6 Å². The van der Waals surface area contributed by atoms with Gasteiger partial charge >= 0.3 is 11.9 Å². The molecule has 1 saturated carbocycles. The summed E-state index contributed by atoms with van der Waals surface area (Å²) >= 11 is 0. The van der Waals surface area contributed by atoms with Crippen molar-refractivity contribution in [1.82, 2.24) is 4.98 Å². The number of aromatic nitrogens is 1. The zero-order valence-electron chi connectivity index (χ0n) is 33.2. The number of carbonyl (C=O) groups excluding carboxylic acids is 4. The number of rotatable bonds is 17. The lowest BCUT2D eigenvalue weighted by Crippen LogP contribution is -2.45. The molecule has 6 rings (SSSR count). The highest BCUT2D eigenvalue weighted by molar-refractivity contribution is 6.30. The first-order valence-corrected chi connectivity index (χ1v) is 20.7. The van der Waals surface area contributed by atoms with E-state index in [0.29, 0.717) is 53.6 Å². The molecule has 6 atom stereocenters. The minimum atomic E-state index is -1.04. The molecular formula is C47H57NO7. The molecule has 0 bridgehead atoms. The maximum Gasteiger partial charge on any atom is 0.309 e. The number of pyridine rings is 1. The molecule has 8 heteroatoms. The van der Waals surface area contributed by atoms with E-state index >= 15 is 0 Å². The largest absolute Gasteiger partial charge is 0.488 e. The molecule has 0 spiro atoms. The Balaban J connectivity index is 1.24. The van der Waals surface area contributed by atoms with Crippen LogP contribution in [0.4, 0.5) is 0 Å². The normalized spacial score (nSPS) is 21.0. The molecule has 0 amide bonds. The molecule has 0 N–H and O–H groups in total. The topological polar surface area (TPSA) is 109 Å². The van der Waals surface area contributed by atoms with Gasteiger partial charge in [0, 0.05) is 16.5 Å². The number of para-hydroxylation sites is 1. The van der Waals surface area contributed by atoms with E-state index in [1.165, 1.54) is 0 Å². The van der Waals surface area contributed by atoms with Crippen LogP contribution in [0, 0.1) is 29.6 Å². The summed E-state index contributed by atoms with van der Waals surface area (Å²) in [6.07, 6.45) is 8.47. The number of hydrogen-bond donors (Lipinski definition) is 0. The minimum absolute atomic E-state index is 0.0864. The summed E-state index contributed by atoms with van der Waals surface area (Å²) in [5, 5.41) is 2.61. The van der Waals surface area contributed by atoms with Gasteiger partial charge in [0.15, 0.2) is 11.6 Å². The third-order valence-electron chi connectivity index (χ3n) is 12.1. The number of benzene rings is 3. The number of esters is 2. The number of unbranched alkanes of at least 4 members (excludes halogenated alkanes) is 2. The molecule has 0 saturated heterocycles. The van der Waals surface area contributed by atoms with E-state index < -0.39 is 23.9 Å². The molecule has 0 aliphatic heterocycles. The van der Waals surface area contributed by atoms with Gasteiger partial charge in [-0.3, -0.25) is 19.2 Å². The standard InChI is InChI=1S/C47H57NO7/c1-6-10-15-30(8-3)27-53-46(51)37-23-29(5)41(26-38(37)47(52)54-28-31(9-4)16-11-7-2)55-40-20-14-19-32-21-22-39(48-43(32)40)42-44(49)35-24-33-17-12-13-18-34(33)25-36(35)45(42)50/h12-14,17-22,24-25,29-31,37-38,41-42H,6-11,15-16,23,26-28H2,1-5H3. The fourth-order valence-corrected chi connectivity index (χ4v) is 8.36. The maximum absolute atomic E-state index is 13.9. The number of ether oxygens (including phenoxy) is 3. The van der Waals surface area contributed by atoms with Crippen LogP contribution < -0.4 is 4.74 Å². The summed E-state index contributed by atoms with van der Waals surface area (Å²) in [5.41, 5.74) is 1.75. The van der Waals surface area contributed by atoms with Crippen molar-refractivity contribution in [2.75, 3.05) is 13.2 Å². The maximum atomic E-state index is 13.9. The monoisotopic (exact) mass is 747 g/mol. The average molecular weight is 748 g/mol. The van der Waals surface area contributed by atoms with Crippen molar-refractivity contribution in [3.63, 3.8) is 0 Å². The smallest absolute Gasteiger partial charge is 0.309 e. The van der Waals surface area contributed by atoms with Crippen molar-refractivity contribution in [2.45, 2.75) is 111 Å². The lowest BCUT2D eigenvalue weighted by Gasteiger charge is -2.38. The van der Waals surface area contributed by atoms with Gasteiger partial charge in [-0.2, -0.15) is 0 Å². The Hall–Kier alpha value is -4.59. The van der Waals surface area contributed by atoms with E-state index in [9.17, 15) is 19.2 Å². The Kier molecular flexibility index (Phi) is 13.4. The highest BCUT2D eigenvalue weighted by Crippen LogP contribution is 2.41. The van der Waals surface area contributed by atoms with Crippen LogP contribution in [-0.2, 0) is 19.1 Å². The molecule has 6 unspecified atom stereocenters. The van der Waals surface area contributed by atoms with Crippen LogP contribution >= 0.6 is 0 Å². The first-order chi connectivity index (χ1) is 26.7. The molecule has 2 aliphatic carbocycles. The van der Waals surface area contributed by atoms with Crippen LogP contribution in [0.2, 0.25) is 0 Å². The van der Waals surface area contributed by atoms with Crippen LogP contribution in [0.3, 0.4) is 0 Å². The van der Waals surface area contributed by atoms with Crippen LogP contribution in [0.1, 0.15) is 131 Å². The fourth-order valence-electron chi connectivity index (χ4n) is 8.36. The minimum Gasteiger partial charge on any atom is -0.488 e. The number of hydrogen-bond acceptors (Lipinski definition) is 8. The highest BCUT2D eigenvalue weighted by atomic mass is 16.5. The second kappa shape index (κ2) is 18.4. The van der Waals surface area contributed by atoms with Crippen LogP contribution in [-0.4, -0.2) is 47.8 Å². The van der Waals surface area contributed by atoms with Gasteiger partial charge in [-0.15, -0.1) is 0 Å². The van der Waals surface area contributed by atoms with Crippen molar-refractivity contribution in [1.29, 1.82) is 0 Å². The summed E-state index contributed by atoms with van der Waals surface area (Å²) in [4.78, 5) is 60.1. The molecule has 55 heavy (non-hydrogen) atoms. The van der Waals surface area contributed by atoms with E-state index in [0.717, 1.165) is 67.5 Å². The Bertz CT molecular complexity index is 1950.